The molecule has 1 aromatic carbocycles. The predicted octanol–water partition coefficient (Wildman–Crippen LogP) is 2.31. The highest BCUT2D eigenvalue weighted by atomic mass is 32.2. The lowest BCUT2D eigenvalue weighted by Gasteiger charge is -2.14. The fourth-order valence-electron chi connectivity index (χ4n) is 1.97. The van der Waals surface area contributed by atoms with E-state index in [0.29, 0.717) is 11.6 Å². The monoisotopic (exact) mass is 378 g/mol. The number of halogens is 3. The zero-order chi connectivity index (χ0) is 18.0. The van der Waals surface area contributed by atoms with Crippen LogP contribution in [0.25, 0.3) is 0 Å². The fourth-order valence-corrected chi connectivity index (χ4v) is 3.78. The summed E-state index contributed by atoms with van der Waals surface area (Å²) in [6, 6.07) is 4.98. The number of primary amides is 1. The molecular weight excluding hydrogens is 365 g/mol. The van der Waals surface area contributed by atoms with Gasteiger partial charge in [-0.2, -0.15) is 24.5 Å². The molecule has 0 bridgehead atoms. The Morgan fingerprint density at radius 1 is 1.29 bits per heavy atom. The first-order chi connectivity index (χ1) is 11.1. The van der Waals surface area contributed by atoms with E-state index in [1.807, 2.05) is 0 Å². The van der Waals surface area contributed by atoms with Gasteiger partial charge in [-0.3, -0.25) is 4.79 Å². The highest BCUT2D eigenvalue weighted by Gasteiger charge is 2.32. The molecule has 0 aliphatic rings. The number of nitrogens with one attached hydrogen (secondary N) is 1. The molecule has 1 amide bonds. The quantitative estimate of drug-likeness (QED) is 0.808. The van der Waals surface area contributed by atoms with Gasteiger partial charge in [0.25, 0.3) is 0 Å². The number of carbonyl (C=O) groups is 1. The van der Waals surface area contributed by atoms with Crippen LogP contribution in [-0.4, -0.2) is 20.9 Å². The van der Waals surface area contributed by atoms with Gasteiger partial charge < -0.3 is 5.73 Å². The van der Waals surface area contributed by atoms with Crippen molar-refractivity contribution in [3.8, 4) is 0 Å². The number of carbonyl (C=O) groups excluding carboxylic acids is 1. The molecule has 2 aromatic rings. The summed E-state index contributed by atoms with van der Waals surface area (Å²) >= 11 is 1.31. The summed E-state index contributed by atoms with van der Waals surface area (Å²) in [7, 11) is -4.22. The van der Waals surface area contributed by atoms with E-state index in [2.05, 4.69) is 4.72 Å². The summed E-state index contributed by atoms with van der Waals surface area (Å²) in [5, 5.41) is 3.35. The second kappa shape index (κ2) is 6.91. The van der Waals surface area contributed by atoms with E-state index in [0.717, 1.165) is 18.2 Å². The fraction of sp³-hybridized carbons (Fsp3) is 0.214. The summed E-state index contributed by atoms with van der Waals surface area (Å²) in [5.41, 5.74) is 4.73. The molecule has 24 heavy (non-hydrogen) atoms. The molecular formula is C14H13F3N2O3S2. The molecule has 0 saturated carbocycles. The van der Waals surface area contributed by atoms with Crippen molar-refractivity contribution < 1.29 is 26.4 Å². The summed E-state index contributed by atoms with van der Waals surface area (Å²) in [5.74, 6) is -1.64. The van der Waals surface area contributed by atoms with Crippen LogP contribution in [0.1, 0.15) is 17.0 Å². The Labute approximate surface area is 140 Å². The van der Waals surface area contributed by atoms with Crippen molar-refractivity contribution in [2.45, 2.75) is 17.0 Å². The van der Waals surface area contributed by atoms with Gasteiger partial charge in [-0.1, -0.05) is 6.07 Å². The van der Waals surface area contributed by atoms with Crippen LogP contribution in [0.2, 0.25) is 0 Å². The molecule has 1 unspecified atom stereocenters. The molecule has 0 saturated heterocycles. The molecule has 1 atom stereocenters. The largest absolute Gasteiger partial charge is 0.416 e. The Morgan fingerprint density at radius 3 is 2.54 bits per heavy atom. The molecule has 10 heteroatoms. The molecule has 1 aromatic heterocycles. The minimum atomic E-state index is -4.65. The van der Waals surface area contributed by atoms with Gasteiger partial charge in [-0.05, 0) is 40.6 Å². The minimum absolute atomic E-state index is 0.343. The standard InChI is InChI=1S/C14H13F3N2O3S2/c15-14(16,17)10-2-1-3-11(6-10)24(21,22)19-7-12(13(18)20)9-4-5-23-8-9/h1-6,8,12,19H,7H2,(H2,18,20). The third kappa shape index (κ3) is 4.34. The lowest BCUT2D eigenvalue weighted by atomic mass is 10.0. The van der Waals surface area contributed by atoms with E-state index in [-0.39, 0.29) is 6.54 Å². The summed E-state index contributed by atoms with van der Waals surface area (Å²) in [6.07, 6.45) is -4.65. The second-order valence-corrected chi connectivity index (χ2v) is 7.44. The van der Waals surface area contributed by atoms with Crippen molar-refractivity contribution in [3.05, 3.63) is 52.2 Å². The van der Waals surface area contributed by atoms with Crippen LogP contribution in [0.5, 0.6) is 0 Å². The van der Waals surface area contributed by atoms with Crippen LogP contribution in [-0.2, 0) is 21.0 Å². The zero-order valence-corrected chi connectivity index (χ0v) is 13.7. The number of alkyl halides is 3. The number of thiophene rings is 1. The molecule has 0 aliphatic heterocycles. The lowest BCUT2D eigenvalue weighted by Crippen LogP contribution is -2.34. The number of hydrogen-bond donors (Lipinski definition) is 2. The first-order valence-electron chi connectivity index (χ1n) is 6.59. The molecule has 3 N–H and O–H groups in total. The molecule has 0 spiro atoms. The Bertz CT molecular complexity index is 818. The Balaban J connectivity index is 2.21. The van der Waals surface area contributed by atoms with Gasteiger partial charge in [-0.25, -0.2) is 13.1 Å². The number of benzene rings is 1. The number of hydrogen-bond acceptors (Lipinski definition) is 4. The molecule has 0 aliphatic carbocycles. The highest BCUT2D eigenvalue weighted by Crippen LogP contribution is 2.30. The molecule has 0 radical (unpaired) electrons. The van der Waals surface area contributed by atoms with E-state index in [1.165, 1.54) is 11.3 Å². The minimum Gasteiger partial charge on any atom is -0.369 e. The first-order valence-corrected chi connectivity index (χ1v) is 9.02. The van der Waals surface area contributed by atoms with Crippen LogP contribution in [0.15, 0.2) is 46.0 Å². The SMILES string of the molecule is NC(=O)C(CNS(=O)(=O)c1cccc(C(F)(F)F)c1)c1ccsc1. The number of amides is 1. The van der Waals surface area contributed by atoms with Gasteiger partial charge >= 0.3 is 6.18 Å². The van der Waals surface area contributed by atoms with Crippen molar-refractivity contribution in [1.29, 1.82) is 0 Å². The van der Waals surface area contributed by atoms with Gasteiger partial charge in [0.2, 0.25) is 15.9 Å². The molecule has 1 heterocycles. The van der Waals surface area contributed by atoms with Crippen LogP contribution < -0.4 is 10.5 Å². The smallest absolute Gasteiger partial charge is 0.369 e. The number of nitrogens with two attached hydrogens (primary N) is 1. The van der Waals surface area contributed by atoms with E-state index in [1.54, 1.807) is 16.8 Å². The van der Waals surface area contributed by atoms with Gasteiger partial charge in [-0.15, -0.1) is 0 Å². The van der Waals surface area contributed by atoms with Gasteiger partial charge in [0.05, 0.1) is 16.4 Å². The second-order valence-electron chi connectivity index (χ2n) is 4.89. The maximum absolute atomic E-state index is 12.7. The maximum Gasteiger partial charge on any atom is 0.416 e. The van der Waals surface area contributed by atoms with Crippen molar-refractivity contribution >= 4 is 27.3 Å². The first kappa shape index (κ1) is 18.4. The molecule has 130 valence electrons. The van der Waals surface area contributed by atoms with Crippen LogP contribution in [0.4, 0.5) is 13.2 Å². The Kier molecular flexibility index (Phi) is 5.31. The van der Waals surface area contributed by atoms with Crippen LogP contribution in [0.3, 0.4) is 0 Å². The van der Waals surface area contributed by atoms with Crippen molar-refractivity contribution in [2.75, 3.05) is 6.54 Å². The van der Waals surface area contributed by atoms with Crippen molar-refractivity contribution in [1.82, 2.24) is 4.72 Å². The summed E-state index contributed by atoms with van der Waals surface area (Å²) < 4.78 is 64.6. The molecule has 2 rings (SSSR count). The average molecular weight is 378 g/mol. The topological polar surface area (TPSA) is 89.3 Å². The summed E-state index contributed by atoms with van der Waals surface area (Å²) in [6.45, 7) is -0.343. The van der Waals surface area contributed by atoms with Gasteiger partial charge in [0.15, 0.2) is 0 Å². The molecule has 5 nitrogen and oxygen atoms in total. The van der Waals surface area contributed by atoms with Crippen LogP contribution >= 0.6 is 11.3 Å². The lowest BCUT2D eigenvalue weighted by molar-refractivity contribution is -0.137. The Hall–Kier alpha value is -1.91. The number of sulfonamides is 1. The zero-order valence-electron chi connectivity index (χ0n) is 12.1. The summed E-state index contributed by atoms with van der Waals surface area (Å²) in [4.78, 5) is 10.9. The highest BCUT2D eigenvalue weighted by molar-refractivity contribution is 7.89. The van der Waals surface area contributed by atoms with Crippen LogP contribution in [0, 0.1) is 0 Å². The van der Waals surface area contributed by atoms with Crippen molar-refractivity contribution in [3.63, 3.8) is 0 Å². The van der Waals surface area contributed by atoms with Gasteiger partial charge in [0.1, 0.15) is 0 Å². The van der Waals surface area contributed by atoms with Crippen molar-refractivity contribution in [2.24, 2.45) is 5.73 Å². The Morgan fingerprint density at radius 2 is 2.00 bits per heavy atom. The molecule has 0 fully saturated rings. The average Bonchev–Trinajstić information content (AvgIpc) is 3.00. The normalized spacial score (nSPS) is 13.6. The third-order valence-corrected chi connectivity index (χ3v) is 5.36. The number of rotatable bonds is 6. The van der Waals surface area contributed by atoms with E-state index >= 15 is 0 Å². The van der Waals surface area contributed by atoms with E-state index < -0.39 is 38.5 Å². The third-order valence-electron chi connectivity index (χ3n) is 3.24. The van der Waals surface area contributed by atoms with Gasteiger partial charge in [0, 0.05) is 6.54 Å². The maximum atomic E-state index is 12.7. The van der Waals surface area contributed by atoms with E-state index in [4.69, 9.17) is 5.73 Å². The predicted molar refractivity (Wildman–Crippen MR) is 82.9 cm³/mol. The van der Waals surface area contributed by atoms with E-state index in [9.17, 15) is 26.4 Å².